The third-order valence-electron chi connectivity index (χ3n) is 5.44. The van der Waals surface area contributed by atoms with E-state index < -0.39 is 10.2 Å². The number of halogens is 1. The van der Waals surface area contributed by atoms with E-state index in [1.807, 2.05) is 30.0 Å². The van der Waals surface area contributed by atoms with Crippen LogP contribution in [0.25, 0.3) is 16.6 Å². The van der Waals surface area contributed by atoms with Crippen LogP contribution >= 0.6 is 11.8 Å². The monoisotopic (exact) mass is 508 g/mol. The number of benzene rings is 1. The number of ether oxygens (including phenoxy) is 1. The number of aryl methyl sites for hydroxylation is 1. The summed E-state index contributed by atoms with van der Waals surface area (Å²) in [5.74, 6) is 2.02. The Hall–Kier alpha value is -2.59. The van der Waals surface area contributed by atoms with E-state index in [0.717, 1.165) is 48.7 Å². The number of nitriles is 1. The molecule has 0 bridgehead atoms. The molecule has 0 spiro atoms. The van der Waals surface area contributed by atoms with Crippen LogP contribution < -0.4 is 23.2 Å². The van der Waals surface area contributed by atoms with Gasteiger partial charge < -0.3 is 9.64 Å². The number of carbonyl (C=O) groups excluding carboxylic acids is 1. The van der Waals surface area contributed by atoms with Gasteiger partial charge in [-0.15, -0.1) is 22.0 Å². The molecule has 1 aromatic carbocycles. The molecular formula is C22H25ClN4O6S. The van der Waals surface area contributed by atoms with Crippen molar-refractivity contribution in [3.63, 3.8) is 0 Å². The van der Waals surface area contributed by atoms with E-state index in [0.29, 0.717) is 18.7 Å². The molecule has 3 heterocycles. The van der Waals surface area contributed by atoms with Gasteiger partial charge in [-0.05, 0) is 31.2 Å². The summed E-state index contributed by atoms with van der Waals surface area (Å²) in [7, 11) is -4.94. The fourth-order valence-corrected chi connectivity index (χ4v) is 5.18. The van der Waals surface area contributed by atoms with Gasteiger partial charge in [-0.2, -0.15) is 5.26 Å². The number of esters is 1. The predicted molar refractivity (Wildman–Crippen MR) is 114 cm³/mol. The second kappa shape index (κ2) is 11.2. The number of aromatic nitrogens is 2. The first kappa shape index (κ1) is 26.0. The van der Waals surface area contributed by atoms with Crippen LogP contribution in [0.4, 0.5) is 0 Å². The zero-order valence-corrected chi connectivity index (χ0v) is 20.4. The number of imidazole rings is 1. The number of nitrogens with zero attached hydrogens (tertiary/aromatic N) is 4. The quantitative estimate of drug-likeness (QED) is 0.339. The Morgan fingerprint density at radius 1 is 1.29 bits per heavy atom. The van der Waals surface area contributed by atoms with Crippen molar-refractivity contribution in [1.29, 1.82) is 5.26 Å². The van der Waals surface area contributed by atoms with E-state index in [1.165, 1.54) is 17.5 Å². The second-order valence-electron chi connectivity index (χ2n) is 7.54. The third-order valence-corrected chi connectivity index (χ3v) is 6.52. The van der Waals surface area contributed by atoms with Gasteiger partial charge in [0.05, 0.1) is 23.2 Å². The van der Waals surface area contributed by atoms with E-state index in [9.17, 15) is 10.1 Å². The first-order valence-electron chi connectivity index (χ1n) is 10.6. The molecule has 0 amide bonds. The number of fused-ring (bicyclic) bond motifs is 3. The van der Waals surface area contributed by atoms with Gasteiger partial charge in [-0.3, -0.25) is 4.79 Å². The van der Waals surface area contributed by atoms with Crippen molar-refractivity contribution in [3.05, 3.63) is 46.8 Å². The summed E-state index contributed by atoms with van der Waals surface area (Å²) >= 11 is 1.91. The molecule has 2 aliphatic rings. The molecule has 0 atom stereocenters. The Morgan fingerprint density at radius 2 is 2.03 bits per heavy atom. The zero-order valence-electron chi connectivity index (χ0n) is 18.9. The predicted octanol–water partition coefficient (Wildman–Crippen LogP) is -1.70. The summed E-state index contributed by atoms with van der Waals surface area (Å²) in [5, 5.41) is 10.6. The number of hydrogen-bond donors (Lipinski definition) is 0. The fraction of sp³-hybridized carbons (Fsp3) is 0.409. The molecule has 2 aliphatic heterocycles. The van der Waals surface area contributed by atoms with Gasteiger partial charge in [-0.25, -0.2) is 27.8 Å². The van der Waals surface area contributed by atoms with Crippen molar-refractivity contribution >= 4 is 34.3 Å². The highest BCUT2D eigenvalue weighted by atomic mass is 35.7. The van der Waals surface area contributed by atoms with Crippen molar-refractivity contribution in [2.45, 2.75) is 33.4 Å². The highest BCUT2D eigenvalue weighted by Crippen LogP contribution is 2.32. The maximum Gasteiger partial charge on any atom is 0.302 e. The van der Waals surface area contributed by atoms with Gasteiger partial charge in [0, 0.05) is 43.8 Å². The Morgan fingerprint density at radius 3 is 2.68 bits per heavy atom. The minimum Gasteiger partial charge on any atom is -0.462 e. The van der Waals surface area contributed by atoms with Gasteiger partial charge in [-0.1, -0.05) is 0 Å². The molecule has 1 saturated heterocycles. The van der Waals surface area contributed by atoms with Gasteiger partial charge in [0.25, 0.3) is 5.82 Å². The van der Waals surface area contributed by atoms with Crippen LogP contribution in [-0.2, 0) is 22.6 Å². The van der Waals surface area contributed by atoms with Gasteiger partial charge in [0.1, 0.15) is 13.2 Å². The van der Waals surface area contributed by atoms with E-state index in [2.05, 4.69) is 39.2 Å². The summed E-state index contributed by atoms with van der Waals surface area (Å²) < 4.78 is 43.7. The lowest BCUT2D eigenvalue weighted by atomic mass is 10.2. The summed E-state index contributed by atoms with van der Waals surface area (Å²) in [6, 6.07) is 8.03. The number of allylic oxidation sites excluding steroid dienone is 3. The topological polar surface area (TPSA) is 154 Å². The molecule has 0 saturated carbocycles. The minimum atomic E-state index is -4.94. The summed E-state index contributed by atoms with van der Waals surface area (Å²) in [6.45, 7) is 7.57. The molecule has 10 nitrogen and oxygen atoms in total. The highest BCUT2D eigenvalue weighted by molar-refractivity contribution is 8.03. The van der Waals surface area contributed by atoms with Crippen LogP contribution in [0, 0.1) is 21.6 Å². The van der Waals surface area contributed by atoms with E-state index >= 15 is 0 Å². The van der Waals surface area contributed by atoms with Crippen molar-refractivity contribution in [2.75, 3.05) is 25.4 Å². The molecule has 0 N–H and O–H groups in total. The van der Waals surface area contributed by atoms with Crippen molar-refractivity contribution in [1.82, 2.24) is 9.47 Å². The molecule has 1 aromatic heterocycles. The normalized spacial score (nSPS) is 17.6. The summed E-state index contributed by atoms with van der Waals surface area (Å²) in [5.41, 5.74) is 4.06. The van der Waals surface area contributed by atoms with E-state index in [1.54, 1.807) is 0 Å². The van der Waals surface area contributed by atoms with Crippen LogP contribution in [0.3, 0.4) is 0 Å². The van der Waals surface area contributed by atoms with Crippen LogP contribution in [0.1, 0.15) is 31.7 Å². The lowest BCUT2D eigenvalue weighted by Crippen LogP contribution is -2.68. The van der Waals surface area contributed by atoms with Crippen molar-refractivity contribution < 1.29 is 43.0 Å². The first-order chi connectivity index (χ1) is 16.1. The second-order valence-corrected chi connectivity index (χ2v) is 9.41. The van der Waals surface area contributed by atoms with E-state index in [-0.39, 0.29) is 5.97 Å². The lowest BCUT2D eigenvalue weighted by Gasteiger charge is -2.17. The maximum absolute atomic E-state index is 11.2. The average molecular weight is 509 g/mol. The van der Waals surface area contributed by atoms with Gasteiger partial charge >= 0.3 is 5.97 Å². The number of carbonyl (C=O) groups is 1. The Balaban J connectivity index is 0.000000588. The molecule has 0 radical (unpaired) electrons. The molecular weight excluding hydrogens is 484 g/mol. The smallest absolute Gasteiger partial charge is 0.302 e. The van der Waals surface area contributed by atoms with Crippen LogP contribution in [-0.4, -0.2) is 40.9 Å². The molecule has 34 heavy (non-hydrogen) atoms. The number of rotatable bonds is 5. The number of thioether (sulfide) groups is 1. The molecule has 4 rings (SSSR count). The zero-order chi connectivity index (χ0) is 24.9. The molecule has 0 unspecified atom stereocenters. The van der Waals surface area contributed by atoms with Gasteiger partial charge in [0.2, 0.25) is 0 Å². The summed E-state index contributed by atoms with van der Waals surface area (Å²) in [6.07, 6.45) is 5.43. The highest BCUT2D eigenvalue weighted by Gasteiger charge is 2.33. The SMILES string of the molecule is CCN1CCSC1=CC=C1CCn2c1[n+](CCOC(C)=O)c1ccc(C#N)cc12.[O-][Cl+3]([O-])([O-])[O-]. The first-order valence-corrected chi connectivity index (χ1v) is 12.8. The third kappa shape index (κ3) is 6.50. The minimum absolute atomic E-state index is 0.268. The fourth-order valence-electron chi connectivity index (χ4n) is 4.09. The van der Waals surface area contributed by atoms with Crippen LogP contribution in [0.15, 0.2) is 35.4 Å². The average Bonchev–Trinajstić information content (AvgIpc) is 3.46. The Kier molecular flexibility index (Phi) is 8.59. The van der Waals surface area contributed by atoms with Crippen LogP contribution in [0.5, 0.6) is 0 Å². The summed E-state index contributed by atoms with van der Waals surface area (Å²) in [4.78, 5) is 13.6. The Bertz CT molecular complexity index is 1160. The largest absolute Gasteiger partial charge is 0.462 e. The van der Waals surface area contributed by atoms with Crippen molar-refractivity contribution in [2.24, 2.45) is 0 Å². The molecule has 2 aromatic rings. The molecule has 12 heteroatoms. The molecule has 1 fully saturated rings. The maximum atomic E-state index is 11.2. The number of hydrogen-bond acceptors (Lipinski definition) is 9. The van der Waals surface area contributed by atoms with E-state index in [4.69, 9.17) is 23.4 Å². The van der Waals surface area contributed by atoms with Gasteiger partial charge in [0.15, 0.2) is 11.0 Å². The molecule has 182 valence electrons. The standard InChI is InChI=1S/C22H25N4O2S.ClHO4/c1-3-24-11-13-29-21(24)7-5-18-8-9-25-20-14-17(15-23)4-6-19(20)26(22(18)25)10-12-28-16(2)27;2-1(3,4)5/h4-7,14H,3,8-13H2,1-2H3;(H,2,3,4,5)/q+1;/p-1. The van der Waals surface area contributed by atoms with Crippen LogP contribution in [0.2, 0.25) is 0 Å². The lowest BCUT2D eigenvalue weighted by molar-refractivity contribution is -2.00. The molecule has 0 aliphatic carbocycles. The Labute approximate surface area is 203 Å². The van der Waals surface area contributed by atoms with Crippen molar-refractivity contribution in [3.8, 4) is 6.07 Å².